The Morgan fingerprint density at radius 3 is 3.05 bits per heavy atom. The highest BCUT2D eigenvalue weighted by Crippen LogP contribution is 2.33. The molecule has 3 atom stereocenters. The summed E-state index contributed by atoms with van der Waals surface area (Å²) in [5.74, 6) is 1.77. The van der Waals surface area contributed by atoms with Crippen LogP contribution >= 0.6 is 0 Å². The van der Waals surface area contributed by atoms with Crippen molar-refractivity contribution in [2.75, 3.05) is 26.2 Å². The molecule has 2 heterocycles. The van der Waals surface area contributed by atoms with Crippen LogP contribution in [0.15, 0.2) is 4.52 Å². The second-order valence-electron chi connectivity index (χ2n) is 5.92. The Hall–Kier alpha value is -0.980. The van der Waals surface area contributed by atoms with Crippen molar-refractivity contribution in [2.24, 2.45) is 5.73 Å². The van der Waals surface area contributed by atoms with Crippen LogP contribution in [0, 0.1) is 0 Å². The molecule has 2 aliphatic rings. The van der Waals surface area contributed by atoms with Crippen molar-refractivity contribution in [3.05, 3.63) is 11.7 Å². The second kappa shape index (κ2) is 6.20. The van der Waals surface area contributed by atoms with E-state index in [1.807, 2.05) is 0 Å². The Balaban J connectivity index is 1.64. The Kier molecular flexibility index (Phi) is 4.33. The Bertz CT molecular complexity index is 435. The number of morpholine rings is 1. The van der Waals surface area contributed by atoms with Crippen molar-refractivity contribution < 1.29 is 9.26 Å². The third kappa shape index (κ3) is 3.02. The maximum absolute atomic E-state index is 5.94. The monoisotopic (exact) mass is 280 g/mol. The largest absolute Gasteiger partial charge is 0.367 e. The first-order valence-electron chi connectivity index (χ1n) is 7.69. The minimum atomic E-state index is -0.0529. The van der Waals surface area contributed by atoms with Gasteiger partial charge in [0.25, 0.3) is 0 Å². The SMILES string of the molecule is CCCN1CCOC(c2noc([C@@H]3CC[C@H](N)C3)n2)C1. The lowest BCUT2D eigenvalue weighted by atomic mass is 10.1. The van der Waals surface area contributed by atoms with Crippen molar-refractivity contribution in [3.63, 3.8) is 0 Å². The zero-order chi connectivity index (χ0) is 13.9. The van der Waals surface area contributed by atoms with Gasteiger partial charge in [-0.15, -0.1) is 0 Å². The van der Waals surface area contributed by atoms with Crippen LogP contribution in [0.1, 0.15) is 56.3 Å². The average Bonchev–Trinajstić information content (AvgIpc) is 3.08. The Morgan fingerprint density at radius 1 is 1.40 bits per heavy atom. The molecular weight excluding hydrogens is 256 g/mol. The van der Waals surface area contributed by atoms with E-state index in [0.717, 1.165) is 57.8 Å². The molecule has 6 nitrogen and oxygen atoms in total. The fraction of sp³-hybridized carbons (Fsp3) is 0.857. The standard InChI is InChI=1S/C14H24N4O2/c1-2-5-18-6-7-19-12(9-18)13-16-14(20-17-13)10-3-4-11(15)8-10/h10-12H,2-9,15H2,1H3/t10-,11+,12?/m1/s1. The fourth-order valence-corrected chi connectivity index (χ4v) is 3.16. The van der Waals surface area contributed by atoms with Gasteiger partial charge < -0.3 is 15.0 Å². The number of hydrogen-bond donors (Lipinski definition) is 1. The summed E-state index contributed by atoms with van der Waals surface area (Å²) in [6, 6.07) is 0.279. The van der Waals surface area contributed by atoms with Gasteiger partial charge in [-0.2, -0.15) is 4.98 Å². The quantitative estimate of drug-likeness (QED) is 0.899. The second-order valence-corrected chi connectivity index (χ2v) is 5.92. The molecule has 1 aromatic heterocycles. The summed E-state index contributed by atoms with van der Waals surface area (Å²) >= 11 is 0. The first-order chi connectivity index (χ1) is 9.76. The summed E-state index contributed by atoms with van der Waals surface area (Å²) in [5, 5.41) is 4.13. The van der Waals surface area contributed by atoms with E-state index in [0.29, 0.717) is 11.7 Å². The van der Waals surface area contributed by atoms with Crippen molar-refractivity contribution in [2.45, 2.75) is 50.7 Å². The van der Waals surface area contributed by atoms with E-state index in [-0.39, 0.29) is 12.1 Å². The van der Waals surface area contributed by atoms with Gasteiger partial charge in [0, 0.05) is 25.0 Å². The molecule has 0 bridgehead atoms. The summed E-state index contributed by atoms with van der Waals surface area (Å²) in [5.41, 5.74) is 5.94. The molecule has 0 spiro atoms. The molecule has 1 unspecified atom stereocenters. The molecule has 1 aromatic rings. The molecule has 3 rings (SSSR count). The molecule has 0 amide bonds. The number of rotatable bonds is 4. The maximum Gasteiger partial charge on any atom is 0.229 e. The predicted molar refractivity (Wildman–Crippen MR) is 74.3 cm³/mol. The Labute approximate surface area is 119 Å². The normalized spacial score (nSPS) is 31.8. The van der Waals surface area contributed by atoms with E-state index in [1.165, 1.54) is 0 Å². The smallest absolute Gasteiger partial charge is 0.229 e. The first-order valence-corrected chi connectivity index (χ1v) is 7.69. The molecule has 1 saturated heterocycles. The van der Waals surface area contributed by atoms with Gasteiger partial charge in [0.05, 0.1) is 6.61 Å². The summed E-state index contributed by atoms with van der Waals surface area (Å²) in [4.78, 5) is 6.96. The highest BCUT2D eigenvalue weighted by atomic mass is 16.5. The van der Waals surface area contributed by atoms with Crippen LogP contribution < -0.4 is 5.73 Å². The third-order valence-corrected chi connectivity index (χ3v) is 4.26. The van der Waals surface area contributed by atoms with Gasteiger partial charge in [-0.25, -0.2) is 0 Å². The summed E-state index contributed by atoms with van der Waals surface area (Å²) in [7, 11) is 0. The zero-order valence-corrected chi connectivity index (χ0v) is 12.1. The van der Waals surface area contributed by atoms with E-state index in [2.05, 4.69) is 22.0 Å². The number of ether oxygens (including phenoxy) is 1. The maximum atomic E-state index is 5.94. The van der Waals surface area contributed by atoms with Crippen LogP contribution in [0.5, 0.6) is 0 Å². The van der Waals surface area contributed by atoms with Crippen LogP contribution in [0.4, 0.5) is 0 Å². The number of nitrogens with two attached hydrogens (primary N) is 1. The highest BCUT2D eigenvalue weighted by Gasteiger charge is 2.30. The highest BCUT2D eigenvalue weighted by molar-refractivity contribution is 5.01. The fourth-order valence-electron chi connectivity index (χ4n) is 3.16. The lowest BCUT2D eigenvalue weighted by molar-refractivity contribution is -0.0350. The first kappa shape index (κ1) is 14.0. The van der Waals surface area contributed by atoms with Crippen LogP contribution in [0.3, 0.4) is 0 Å². The molecule has 0 radical (unpaired) electrons. The van der Waals surface area contributed by atoms with Crippen molar-refractivity contribution in [3.8, 4) is 0 Å². The van der Waals surface area contributed by atoms with E-state index in [1.54, 1.807) is 0 Å². The molecule has 1 aliphatic heterocycles. The summed E-state index contributed by atoms with van der Waals surface area (Å²) in [6.07, 6.45) is 4.16. The number of aromatic nitrogens is 2. The third-order valence-electron chi connectivity index (χ3n) is 4.26. The van der Waals surface area contributed by atoms with Crippen LogP contribution in [0.2, 0.25) is 0 Å². The minimum absolute atomic E-state index is 0.0529. The van der Waals surface area contributed by atoms with Gasteiger partial charge in [0.15, 0.2) is 0 Å². The number of hydrogen-bond acceptors (Lipinski definition) is 6. The lowest BCUT2D eigenvalue weighted by Gasteiger charge is -2.30. The number of nitrogens with zero attached hydrogens (tertiary/aromatic N) is 3. The van der Waals surface area contributed by atoms with Gasteiger partial charge in [-0.3, -0.25) is 4.90 Å². The van der Waals surface area contributed by atoms with Gasteiger partial charge in [-0.1, -0.05) is 12.1 Å². The molecule has 2 fully saturated rings. The molecule has 112 valence electrons. The lowest BCUT2D eigenvalue weighted by Crippen LogP contribution is -2.39. The van der Waals surface area contributed by atoms with E-state index >= 15 is 0 Å². The Morgan fingerprint density at radius 2 is 2.30 bits per heavy atom. The minimum Gasteiger partial charge on any atom is -0.367 e. The van der Waals surface area contributed by atoms with Crippen molar-refractivity contribution in [1.29, 1.82) is 0 Å². The van der Waals surface area contributed by atoms with Gasteiger partial charge in [0.2, 0.25) is 11.7 Å². The topological polar surface area (TPSA) is 77.4 Å². The molecule has 1 saturated carbocycles. The zero-order valence-electron chi connectivity index (χ0n) is 12.1. The van der Waals surface area contributed by atoms with Crippen molar-refractivity contribution in [1.82, 2.24) is 15.0 Å². The van der Waals surface area contributed by atoms with E-state index in [9.17, 15) is 0 Å². The predicted octanol–water partition coefficient (Wildman–Crippen LogP) is 1.45. The van der Waals surface area contributed by atoms with Crippen molar-refractivity contribution >= 4 is 0 Å². The summed E-state index contributed by atoms with van der Waals surface area (Å²) < 4.78 is 11.2. The van der Waals surface area contributed by atoms with Crippen LogP contribution in [0.25, 0.3) is 0 Å². The molecule has 1 aliphatic carbocycles. The molecule has 0 aromatic carbocycles. The van der Waals surface area contributed by atoms with Crippen LogP contribution in [-0.2, 0) is 4.74 Å². The molecule has 20 heavy (non-hydrogen) atoms. The van der Waals surface area contributed by atoms with Gasteiger partial charge in [-0.05, 0) is 32.2 Å². The van der Waals surface area contributed by atoms with Gasteiger partial charge >= 0.3 is 0 Å². The van der Waals surface area contributed by atoms with Gasteiger partial charge in [0.1, 0.15) is 6.10 Å². The summed E-state index contributed by atoms with van der Waals surface area (Å²) in [6.45, 7) is 5.88. The van der Waals surface area contributed by atoms with E-state index in [4.69, 9.17) is 15.0 Å². The molecule has 6 heteroatoms. The molecule has 2 N–H and O–H groups in total. The van der Waals surface area contributed by atoms with E-state index < -0.39 is 0 Å². The average molecular weight is 280 g/mol. The van der Waals surface area contributed by atoms with Crippen LogP contribution in [-0.4, -0.2) is 47.3 Å². The molecular formula is C14H24N4O2.